The SMILES string of the molecule is O=C(NC1CC1)c1ccn2ncc(-c3ccc(OCc4ccccc4)cc3)c2n1. The monoisotopic (exact) mass is 384 g/mol. The van der Waals surface area contributed by atoms with Gasteiger partial charge in [0.25, 0.3) is 5.91 Å². The van der Waals surface area contributed by atoms with Gasteiger partial charge in [-0.2, -0.15) is 5.10 Å². The standard InChI is InChI=1S/C23H20N4O2/c28-23(25-18-8-9-18)21-12-13-27-22(26-21)20(14-24-27)17-6-10-19(11-7-17)29-15-16-4-2-1-3-5-16/h1-7,10-14,18H,8-9,15H2,(H,25,28). The number of fused-ring (bicyclic) bond motifs is 1. The first-order valence-electron chi connectivity index (χ1n) is 9.69. The van der Waals surface area contributed by atoms with Gasteiger partial charge in [0.1, 0.15) is 18.1 Å². The van der Waals surface area contributed by atoms with Crippen molar-refractivity contribution >= 4 is 11.6 Å². The number of nitrogens with zero attached hydrogens (tertiary/aromatic N) is 3. The average Bonchev–Trinajstić information content (AvgIpc) is 3.48. The average molecular weight is 384 g/mol. The maximum atomic E-state index is 12.3. The quantitative estimate of drug-likeness (QED) is 0.548. The Morgan fingerprint density at radius 1 is 1.07 bits per heavy atom. The second-order valence-corrected chi connectivity index (χ2v) is 7.19. The third kappa shape index (κ3) is 3.82. The van der Waals surface area contributed by atoms with Gasteiger partial charge >= 0.3 is 0 Å². The van der Waals surface area contributed by atoms with E-state index in [-0.39, 0.29) is 5.91 Å². The van der Waals surface area contributed by atoms with Crippen LogP contribution >= 0.6 is 0 Å². The van der Waals surface area contributed by atoms with Crippen molar-refractivity contribution in [1.82, 2.24) is 19.9 Å². The lowest BCUT2D eigenvalue weighted by Crippen LogP contribution is -2.26. The minimum atomic E-state index is -0.133. The van der Waals surface area contributed by atoms with Gasteiger partial charge in [0, 0.05) is 17.8 Å². The number of carbonyl (C=O) groups is 1. The van der Waals surface area contributed by atoms with Gasteiger partial charge < -0.3 is 10.1 Å². The van der Waals surface area contributed by atoms with E-state index in [1.807, 2.05) is 54.6 Å². The van der Waals surface area contributed by atoms with Gasteiger partial charge in [-0.15, -0.1) is 0 Å². The predicted molar refractivity (Wildman–Crippen MR) is 110 cm³/mol. The lowest BCUT2D eigenvalue weighted by molar-refractivity contribution is 0.0946. The zero-order valence-corrected chi connectivity index (χ0v) is 15.8. The fraction of sp³-hybridized carbons (Fsp3) is 0.174. The molecule has 6 heteroatoms. The highest BCUT2D eigenvalue weighted by Crippen LogP contribution is 2.26. The van der Waals surface area contributed by atoms with Crippen LogP contribution in [0.15, 0.2) is 73.1 Å². The maximum Gasteiger partial charge on any atom is 0.270 e. The van der Waals surface area contributed by atoms with E-state index in [1.165, 1.54) is 0 Å². The summed E-state index contributed by atoms with van der Waals surface area (Å²) in [6.45, 7) is 0.526. The number of hydrogen-bond acceptors (Lipinski definition) is 4. The van der Waals surface area contributed by atoms with E-state index in [2.05, 4.69) is 15.4 Å². The second-order valence-electron chi connectivity index (χ2n) is 7.19. The smallest absolute Gasteiger partial charge is 0.270 e. The van der Waals surface area contributed by atoms with Crippen molar-refractivity contribution in [3.8, 4) is 16.9 Å². The molecule has 0 bridgehead atoms. The minimum Gasteiger partial charge on any atom is -0.489 e. The Labute approximate surface area is 168 Å². The van der Waals surface area contributed by atoms with Crippen molar-refractivity contribution in [2.45, 2.75) is 25.5 Å². The molecule has 0 aliphatic heterocycles. The lowest BCUT2D eigenvalue weighted by Gasteiger charge is -2.07. The van der Waals surface area contributed by atoms with Crippen LogP contribution in [0.2, 0.25) is 0 Å². The number of benzene rings is 2. The third-order valence-electron chi connectivity index (χ3n) is 4.93. The van der Waals surface area contributed by atoms with Crippen LogP contribution in [0.1, 0.15) is 28.9 Å². The van der Waals surface area contributed by atoms with Crippen molar-refractivity contribution < 1.29 is 9.53 Å². The van der Waals surface area contributed by atoms with E-state index in [4.69, 9.17) is 4.74 Å². The summed E-state index contributed by atoms with van der Waals surface area (Å²) in [7, 11) is 0. The highest BCUT2D eigenvalue weighted by atomic mass is 16.5. The van der Waals surface area contributed by atoms with Gasteiger partial charge in [-0.25, -0.2) is 9.50 Å². The molecule has 6 nitrogen and oxygen atoms in total. The Balaban J connectivity index is 1.36. The summed E-state index contributed by atoms with van der Waals surface area (Å²) < 4.78 is 7.54. The lowest BCUT2D eigenvalue weighted by atomic mass is 10.1. The van der Waals surface area contributed by atoms with E-state index in [0.29, 0.717) is 24.0 Å². The van der Waals surface area contributed by atoms with Gasteiger partial charge in [0.05, 0.1) is 6.20 Å². The van der Waals surface area contributed by atoms with Gasteiger partial charge in [-0.05, 0) is 42.2 Å². The molecule has 1 N–H and O–H groups in total. The number of ether oxygens (including phenoxy) is 1. The third-order valence-corrected chi connectivity index (χ3v) is 4.93. The molecule has 144 valence electrons. The van der Waals surface area contributed by atoms with Gasteiger partial charge in [0.15, 0.2) is 5.65 Å². The number of amides is 1. The molecule has 0 saturated heterocycles. The van der Waals surface area contributed by atoms with Crippen LogP contribution in [-0.4, -0.2) is 26.5 Å². The Morgan fingerprint density at radius 2 is 1.86 bits per heavy atom. The van der Waals surface area contributed by atoms with E-state index >= 15 is 0 Å². The van der Waals surface area contributed by atoms with E-state index in [1.54, 1.807) is 23.0 Å². The molecule has 1 amide bonds. The molecule has 1 saturated carbocycles. The molecular formula is C23H20N4O2. The van der Waals surface area contributed by atoms with Crippen LogP contribution in [0.25, 0.3) is 16.8 Å². The summed E-state index contributed by atoms with van der Waals surface area (Å²) >= 11 is 0. The Hall–Kier alpha value is -3.67. The number of hydrogen-bond donors (Lipinski definition) is 1. The van der Waals surface area contributed by atoms with Gasteiger partial charge in [-0.3, -0.25) is 4.79 Å². The molecule has 2 aromatic carbocycles. The first-order chi connectivity index (χ1) is 14.3. The normalized spacial score (nSPS) is 13.4. The van der Waals surface area contributed by atoms with Gasteiger partial charge in [0.2, 0.25) is 0 Å². The molecule has 0 radical (unpaired) electrons. The molecule has 0 spiro atoms. The molecule has 2 aromatic heterocycles. The molecule has 1 aliphatic carbocycles. The van der Waals surface area contributed by atoms with Crippen molar-refractivity contribution in [2.75, 3.05) is 0 Å². The van der Waals surface area contributed by atoms with E-state index in [9.17, 15) is 4.79 Å². The van der Waals surface area contributed by atoms with Crippen LogP contribution in [0.5, 0.6) is 5.75 Å². The minimum absolute atomic E-state index is 0.133. The van der Waals surface area contributed by atoms with Crippen molar-refractivity contribution in [1.29, 1.82) is 0 Å². The number of nitrogens with one attached hydrogen (secondary N) is 1. The van der Waals surface area contributed by atoms with Crippen LogP contribution in [0.4, 0.5) is 0 Å². The Morgan fingerprint density at radius 3 is 2.62 bits per heavy atom. The Bertz CT molecular complexity index is 1150. The molecule has 0 atom stereocenters. The zero-order chi connectivity index (χ0) is 19.6. The van der Waals surface area contributed by atoms with Crippen LogP contribution in [0.3, 0.4) is 0 Å². The number of aromatic nitrogens is 3. The molecule has 0 unspecified atom stereocenters. The summed E-state index contributed by atoms with van der Waals surface area (Å²) in [5.41, 5.74) is 4.04. The van der Waals surface area contributed by atoms with E-state index in [0.717, 1.165) is 35.3 Å². The summed E-state index contributed by atoms with van der Waals surface area (Å²) in [6.07, 6.45) is 5.63. The molecule has 1 aliphatic rings. The molecule has 5 rings (SSSR count). The van der Waals surface area contributed by atoms with Gasteiger partial charge in [-0.1, -0.05) is 42.5 Å². The number of carbonyl (C=O) groups excluding carboxylic acids is 1. The molecule has 29 heavy (non-hydrogen) atoms. The second kappa shape index (κ2) is 7.39. The topological polar surface area (TPSA) is 68.5 Å². The van der Waals surface area contributed by atoms with Crippen molar-refractivity contribution in [3.05, 3.63) is 84.3 Å². The highest BCUT2D eigenvalue weighted by Gasteiger charge is 2.24. The molecule has 1 fully saturated rings. The number of rotatable bonds is 6. The first kappa shape index (κ1) is 17.4. The zero-order valence-electron chi connectivity index (χ0n) is 15.8. The largest absolute Gasteiger partial charge is 0.489 e. The van der Waals surface area contributed by atoms with Crippen molar-refractivity contribution in [3.63, 3.8) is 0 Å². The van der Waals surface area contributed by atoms with Crippen LogP contribution < -0.4 is 10.1 Å². The van der Waals surface area contributed by atoms with Crippen LogP contribution in [-0.2, 0) is 6.61 Å². The summed E-state index contributed by atoms with van der Waals surface area (Å²) in [5.74, 6) is 0.665. The maximum absolute atomic E-state index is 12.3. The fourth-order valence-electron chi connectivity index (χ4n) is 3.16. The summed E-state index contributed by atoms with van der Waals surface area (Å²) in [5, 5.41) is 7.33. The molecule has 2 heterocycles. The summed E-state index contributed by atoms with van der Waals surface area (Å²) in [4.78, 5) is 16.9. The first-order valence-corrected chi connectivity index (χ1v) is 9.69. The molecule has 4 aromatic rings. The van der Waals surface area contributed by atoms with Crippen molar-refractivity contribution in [2.24, 2.45) is 0 Å². The molecular weight excluding hydrogens is 364 g/mol. The highest BCUT2D eigenvalue weighted by molar-refractivity contribution is 5.93. The summed E-state index contributed by atoms with van der Waals surface area (Å²) in [6, 6.07) is 19.9. The van der Waals surface area contributed by atoms with E-state index < -0.39 is 0 Å². The van der Waals surface area contributed by atoms with Crippen LogP contribution in [0, 0.1) is 0 Å². The predicted octanol–water partition coefficient (Wildman–Crippen LogP) is 3.87. The Kier molecular flexibility index (Phi) is 4.44. The fourth-order valence-corrected chi connectivity index (χ4v) is 3.16.